The fraction of sp³-hybridized carbons (Fsp3) is 0.333. The number of carbonyl (C=O) groups excluding carboxylic acids is 1. The minimum Gasteiger partial charge on any atom is -0.497 e. The highest BCUT2D eigenvalue weighted by atomic mass is 31.2. The summed E-state index contributed by atoms with van der Waals surface area (Å²) in [4.78, 5) is 17.1. The molecule has 1 aliphatic rings. The number of rotatable bonds is 12. The van der Waals surface area contributed by atoms with Crippen molar-refractivity contribution in [2.24, 2.45) is 12.8 Å². The number of ether oxygens (including phenoxy) is 1. The molecule has 1 aliphatic heterocycles. The Kier molecular flexibility index (Phi) is 9.52. The summed E-state index contributed by atoms with van der Waals surface area (Å²) < 4.78 is 19.2. The van der Waals surface area contributed by atoms with Gasteiger partial charge in [0.15, 0.2) is 0 Å². The summed E-state index contributed by atoms with van der Waals surface area (Å²) in [6, 6.07) is 13.8. The molecular weight excluding hydrogens is 531 g/mol. The maximum absolute atomic E-state index is 12.7. The van der Waals surface area contributed by atoms with Crippen LogP contribution in [0.2, 0.25) is 0 Å². The zero-order valence-corrected chi connectivity index (χ0v) is 25.4. The predicted molar refractivity (Wildman–Crippen MR) is 168 cm³/mol. The number of methoxy groups -OCH3 is 1. The van der Waals surface area contributed by atoms with Gasteiger partial charge in [-0.15, -0.1) is 0 Å². The largest absolute Gasteiger partial charge is 0.497 e. The summed E-state index contributed by atoms with van der Waals surface area (Å²) in [6.45, 7) is 7.75. The van der Waals surface area contributed by atoms with E-state index in [-0.39, 0.29) is 11.8 Å². The number of imidazole rings is 1. The Balaban J connectivity index is 1.70. The van der Waals surface area contributed by atoms with Gasteiger partial charge in [0, 0.05) is 31.2 Å². The predicted octanol–water partition coefficient (Wildman–Crippen LogP) is 6.57. The lowest BCUT2D eigenvalue weighted by Crippen LogP contribution is -2.41. The molecule has 1 amide bonds. The van der Waals surface area contributed by atoms with E-state index in [2.05, 4.69) is 29.0 Å². The first-order valence-electron chi connectivity index (χ1n) is 13.9. The third-order valence-corrected chi connectivity index (χ3v) is 9.09. The topological polar surface area (TPSA) is 99.2 Å². The van der Waals surface area contributed by atoms with E-state index in [1.165, 1.54) is 0 Å². The monoisotopic (exact) mass is 572 g/mol. The van der Waals surface area contributed by atoms with Gasteiger partial charge in [-0.3, -0.25) is 4.79 Å². The number of aryl methyl sites for hydroxylation is 1. The van der Waals surface area contributed by atoms with Gasteiger partial charge in [0.1, 0.15) is 11.3 Å². The van der Waals surface area contributed by atoms with Crippen LogP contribution in [0.4, 0.5) is 5.69 Å². The fourth-order valence-corrected chi connectivity index (χ4v) is 6.40. The van der Waals surface area contributed by atoms with Gasteiger partial charge < -0.3 is 24.9 Å². The van der Waals surface area contributed by atoms with E-state index in [9.17, 15) is 9.36 Å². The summed E-state index contributed by atoms with van der Waals surface area (Å²) in [5.41, 5.74) is 11.7. The molecule has 2 aromatic carbocycles. The highest BCUT2D eigenvalue weighted by Crippen LogP contribution is 2.42. The number of nitrogens with one attached hydrogen (secondary N) is 1. The number of carbonyl (C=O) groups is 1. The molecule has 1 aromatic heterocycles. The first kappa shape index (κ1) is 30.3. The zero-order chi connectivity index (χ0) is 29.6. The number of nitrogens with zero attached hydrogens (tertiary/aromatic N) is 2. The Bertz CT molecular complexity index is 1500. The molecule has 7 nitrogen and oxygen atoms in total. The molecule has 4 rings (SSSR count). The van der Waals surface area contributed by atoms with Crippen molar-refractivity contribution in [1.29, 1.82) is 0 Å². The number of nitrogens with two attached hydrogens (primary N) is 1. The molecule has 0 radical (unpaired) electrons. The Labute approximate surface area is 243 Å². The van der Waals surface area contributed by atoms with Crippen molar-refractivity contribution in [3.05, 3.63) is 114 Å². The molecule has 8 heteroatoms. The van der Waals surface area contributed by atoms with Crippen LogP contribution >= 0.6 is 7.14 Å². The molecule has 0 saturated heterocycles. The second-order valence-electron chi connectivity index (χ2n) is 11.1. The lowest BCUT2D eigenvalue weighted by atomic mass is 9.77. The molecule has 3 aromatic rings. The number of unbranched alkanes of at least 4 members (excludes halogenated alkanes) is 2. The molecule has 2 unspecified atom stereocenters. The van der Waals surface area contributed by atoms with Crippen molar-refractivity contribution >= 4 is 18.7 Å². The molecule has 3 N–H and O–H groups in total. The molecule has 2 heterocycles. The second-order valence-corrected chi connectivity index (χ2v) is 14.7. The minimum atomic E-state index is -1.96. The molecule has 216 valence electrons. The average molecular weight is 573 g/mol. The average Bonchev–Trinajstić information content (AvgIpc) is 3.39. The van der Waals surface area contributed by atoms with Crippen LogP contribution in [-0.2, 0) is 21.9 Å². The fourth-order valence-electron chi connectivity index (χ4n) is 5.41. The van der Waals surface area contributed by atoms with E-state index in [1.807, 2.05) is 79.6 Å². The summed E-state index contributed by atoms with van der Waals surface area (Å²) in [5.74, 6) is 0.550. The van der Waals surface area contributed by atoms with Gasteiger partial charge in [0.2, 0.25) is 5.91 Å². The van der Waals surface area contributed by atoms with Gasteiger partial charge in [-0.2, -0.15) is 0 Å². The third-order valence-electron chi connectivity index (χ3n) is 7.69. The standard InChI is InChI=1S/C33H41N4O3P/c1-6-24(12-10-8-7-9-11-19-41(4,5)39)28-21-32(38)36-30-18-15-26(20-29(28)30)33(34,31-22-35-23-37(31)2)25-13-16-27(40-3)17-14-25/h6,8,10,12-18,20,22-23,28H,1,7,9,11,19,21,34H2,2-5H3,(H,36,38)/b10-8-,24-12+. The van der Waals surface area contributed by atoms with Crippen LogP contribution < -0.4 is 15.8 Å². The number of aromatic nitrogens is 2. The van der Waals surface area contributed by atoms with Crippen molar-refractivity contribution in [2.75, 3.05) is 31.9 Å². The second kappa shape index (κ2) is 12.9. The first-order chi connectivity index (χ1) is 19.6. The number of benzene rings is 2. The normalized spacial score (nSPS) is 17.1. The molecule has 0 fully saturated rings. The van der Waals surface area contributed by atoms with E-state index < -0.39 is 12.7 Å². The molecule has 0 spiro atoms. The SMILES string of the molecule is C=C/C(=C\C=C/CCCCP(C)(C)=O)C1CC(=O)Nc2ccc(C(N)(c3ccc(OC)cc3)c3cncn3C)cc21. The number of hydrogen-bond donors (Lipinski definition) is 2. The van der Waals surface area contributed by atoms with Gasteiger partial charge in [0.25, 0.3) is 0 Å². The van der Waals surface area contributed by atoms with Crippen molar-refractivity contribution in [3.63, 3.8) is 0 Å². The molecule has 2 atom stereocenters. The van der Waals surface area contributed by atoms with Crippen LogP contribution in [0.3, 0.4) is 0 Å². The Morgan fingerprint density at radius 2 is 1.95 bits per heavy atom. The Hall–Kier alpha value is -3.67. The number of hydrogen-bond acceptors (Lipinski definition) is 5. The summed E-state index contributed by atoms with van der Waals surface area (Å²) in [5, 5.41) is 3.03. The quantitative estimate of drug-likeness (QED) is 0.145. The van der Waals surface area contributed by atoms with Crippen LogP contribution in [0.5, 0.6) is 5.75 Å². The van der Waals surface area contributed by atoms with E-state index in [0.29, 0.717) is 6.42 Å². The maximum atomic E-state index is 12.7. The van der Waals surface area contributed by atoms with Crippen molar-refractivity contribution in [1.82, 2.24) is 9.55 Å². The Morgan fingerprint density at radius 1 is 1.22 bits per heavy atom. The molecule has 0 aliphatic carbocycles. The molecule has 0 bridgehead atoms. The number of amides is 1. The van der Waals surface area contributed by atoms with Crippen LogP contribution in [-0.4, -0.2) is 42.1 Å². The summed E-state index contributed by atoms with van der Waals surface area (Å²) >= 11 is 0. The van der Waals surface area contributed by atoms with Gasteiger partial charge in [0.05, 0.1) is 32.5 Å². The van der Waals surface area contributed by atoms with Crippen molar-refractivity contribution in [2.45, 2.75) is 37.1 Å². The lowest BCUT2D eigenvalue weighted by molar-refractivity contribution is -0.116. The van der Waals surface area contributed by atoms with Gasteiger partial charge in [-0.05, 0) is 73.1 Å². The van der Waals surface area contributed by atoms with Gasteiger partial charge >= 0.3 is 0 Å². The van der Waals surface area contributed by atoms with Crippen LogP contribution in [0.1, 0.15) is 54.0 Å². The molecule has 41 heavy (non-hydrogen) atoms. The van der Waals surface area contributed by atoms with Crippen LogP contribution in [0, 0.1) is 0 Å². The zero-order valence-electron chi connectivity index (χ0n) is 24.5. The molecule has 0 saturated carbocycles. The number of fused-ring (bicyclic) bond motifs is 1. The maximum Gasteiger partial charge on any atom is 0.225 e. The van der Waals surface area contributed by atoms with E-state index in [4.69, 9.17) is 10.5 Å². The smallest absolute Gasteiger partial charge is 0.225 e. The highest BCUT2D eigenvalue weighted by Gasteiger charge is 2.37. The van der Waals surface area contributed by atoms with Crippen LogP contribution in [0.15, 0.2) is 91.4 Å². The summed E-state index contributed by atoms with van der Waals surface area (Å²) in [6.07, 6.45) is 15.5. The van der Waals surface area contributed by atoms with Crippen LogP contribution in [0.25, 0.3) is 0 Å². The van der Waals surface area contributed by atoms with E-state index >= 15 is 0 Å². The third kappa shape index (κ3) is 6.98. The highest BCUT2D eigenvalue weighted by molar-refractivity contribution is 7.62. The van der Waals surface area contributed by atoms with E-state index in [1.54, 1.807) is 19.6 Å². The van der Waals surface area contributed by atoms with Crippen molar-refractivity contribution < 1.29 is 14.1 Å². The lowest BCUT2D eigenvalue weighted by Gasteiger charge is -2.34. The van der Waals surface area contributed by atoms with E-state index in [0.717, 1.165) is 64.8 Å². The first-order valence-corrected chi connectivity index (χ1v) is 16.7. The Morgan fingerprint density at radius 3 is 2.59 bits per heavy atom. The minimum absolute atomic E-state index is 0.0312. The number of allylic oxidation sites excluding steroid dienone is 5. The number of anilines is 1. The van der Waals surface area contributed by atoms with Crippen molar-refractivity contribution in [3.8, 4) is 5.75 Å². The van der Waals surface area contributed by atoms with Gasteiger partial charge in [-0.25, -0.2) is 4.98 Å². The molecular formula is C33H41N4O3P. The van der Waals surface area contributed by atoms with Gasteiger partial charge in [-0.1, -0.05) is 55.1 Å². The summed E-state index contributed by atoms with van der Waals surface area (Å²) in [7, 11) is 1.61.